The minimum Gasteiger partial charge on any atom is -0.494 e. The maximum absolute atomic E-state index is 12.2. The molecule has 25 heavy (non-hydrogen) atoms. The van der Waals surface area contributed by atoms with Crippen molar-refractivity contribution in [2.45, 2.75) is 32.7 Å². The second kappa shape index (κ2) is 10.5. The minimum atomic E-state index is -0.233. The highest BCUT2D eigenvalue weighted by molar-refractivity contribution is 7.80. The van der Waals surface area contributed by atoms with Gasteiger partial charge in [0.25, 0.3) is 5.91 Å². The van der Waals surface area contributed by atoms with Crippen molar-refractivity contribution in [2.24, 2.45) is 0 Å². The van der Waals surface area contributed by atoms with Gasteiger partial charge in [0.05, 0.1) is 6.61 Å². The van der Waals surface area contributed by atoms with Gasteiger partial charge in [-0.05, 0) is 48.5 Å². The molecule has 0 aliphatic heterocycles. The summed E-state index contributed by atoms with van der Waals surface area (Å²) in [5.74, 6) is 0.542. The third-order valence-electron chi connectivity index (χ3n) is 3.66. The van der Waals surface area contributed by atoms with E-state index in [9.17, 15) is 4.79 Å². The summed E-state index contributed by atoms with van der Waals surface area (Å²) >= 11 is 5.17. The van der Waals surface area contributed by atoms with Gasteiger partial charge in [0.2, 0.25) is 0 Å². The lowest BCUT2D eigenvalue weighted by molar-refractivity contribution is 0.0976. The van der Waals surface area contributed by atoms with Crippen LogP contribution < -0.4 is 15.4 Å². The summed E-state index contributed by atoms with van der Waals surface area (Å²) < 4.78 is 5.64. The van der Waals surface area contributed by atoms with Crippen LogP contribution >= 0.6 is 12.2 Å². The highest BCUT2D eigenvalue weighted by atomic mass is 32.1. The topological polar surface area (TPSA) is 50.4 Å². The quantitative estimate of drug-likeness (QED) is 0.553. The first-order valence-corrected chi connectivity index (χ1v) is 8.96. The molecule has 0 unspecified atom stereocenters. The third-order valence-corrected chi connectivity index (χ3v) is 3.90. The van der Waals surface area contributed by atoms with Gasteiger partial charge in [-0.3, -0.25) is 10.1 Å². The lowest BCUT2D eigenvalue weighted by Crippen LogP contribution is -2.38. The maximum Gasteiger partial charge on any atom is 0.257 e. The van der Waals surface area contributed by atoms with Gasteiger partial charge < -0.3 is 10.1 Å². The fourth-order valence-electron chi connectivity index (χ4n) is 2.24. The number of unbranched alkanes of at least 4 members (excludes halogenated alkanes) is 2. The summed E-state index contributed by atoms with van der Waals surface area (Å²) in [5, 5.41) is 6.03. The first kappa shape index (κ1) is 18.9. The van der Waals surface area contributed by atoms with E-state index in [-0.39, 0.29) is 5.91 Å². The van der Waals surface area contributed by atoms with E-state index in [1.54, 1.807) is 24.3 Å². The van der Waals surface area contributed by atoms with Crippen LogP contribution in [0.15, 0.2) is 54.6 Å². The van der Waals surface area contributed by atoms with E-state index in [0.29, 0.717) is 23.8 Å². The molecule has 0 aliphatic carbocycles. The lowest BCUT2D eigenvalue weighted by atomic mass is 10.2. The molecule has 0 atom stereocenters. The lowest BCUT2D eigenvalue weighted by Gasteiger charge is -2.10. The van der Waals surface area contributed by atoms with E-state index >= 15 is 0 Å². The molecule has 0 fully saturated rings. The van der Waals surface area contributed by atoms with Crippen LogP contribution in [-0.4, -0.2) is 17.6 Å². The Kier molecular flexibility index (Phi) is 7.92. The molecule has 4 nitrogen and oxygen atoms in total. The Morgan fingerprint density at radius 3 is 2.44 bits per heavy atom. The normalized spacial score (nSPS) is 10.1. The zero-order valence-electron chi connectivity index (χ0n) is 14.5. The number of amides is 1. The summed E-state index contributed by atoms with van der Waals surface area (Å²) in [6.07, 6.45) is 3.37. The summed E-state index contributed by atoms with van der Waals surface area (Å²) in [7, 11) is 0. The third kappa shape index (κ3) is 6.93. The molecule has 2 rings (SSSR count). The van der Waals surface area contributed by atoms with E-state index < -0.39 is 0 Å². The zero-order valence-corrected chi connectivity index (χ0v) is 15.3. The Labute approximate surface area is 154 Å². The number of hydrogen-bond acceptors (Lipinski definition) is 3. The second-order valence-electron chi connectivity index (χ2n) is 5.70. The number of carbonyl (C=O) groups is 1. The van der Waals surface area contributed by atoms with Crippen molar-refractivity contribution in [1.29, 1.82) is 0 Å². The van der Waals surface area contributed by atoms with Gasteiger partial charge in [0.15, 0.2) is 5.11 Å². The number of benzene rings is 2. The van der Waals surface area contributed by atoms with Crippen LogP contribution in [0.4, 0.5) is 0 Å². The molecule has 0 radical (unpaired) electrons. The van der Waals surface area contributed by atoms with Gasteiger partial charge in [-0.1, -0.05) is 50.1 Å². The smallest absolute Gasteiger partial charge is 0.257 e. The molecule has 0 bridgehead atoms. The zero-order chi connectivity index (χ0) is 17.9. The van der Waals surface area contributed by atoms with Gasteiger partial charge in [-0.2, -0.15) is 0 Å². The number of thiocarbonyl (C=S) groups is 1. The van der Waals surface area contributed by atoms with Crippen molar-refractivity contribution in [2.75, 3.05) is 6.61 Å². The highest BCUT2D eigenvalue weighted by Crippen LogP contribution is 2.13. The van der Waals surface area contributed by atoms with Crippen molar-refractivity contribution in [1.82, 2.24) is 10.6 Å². The van der Waals surface area contributed by atoms with Crippen molar-refractivity contribution in [3.63, 3.8) is 0 Å². The molecule has 1 amide bonds. The fourth-order valence-corrected chi connectivity index (χ4v) is 2.41. The fraction of sp³-hybridized carbons (Fsp3) is 0.300. The standard InChI is InChI=1S/C20H24N2O2S/c1-2-3-7-14-24-18-12-10-17(11-13-18)19(23)22-20(25)21-15-16-8-5-4-6-9-16/h4-6,8-13H,2-3,7,14-15H2,1H3,(H2,21,22,23,25). The molecule has 0 aliphatic rings. The molecular formula is C20H24N2O2S. The van der Waals surface area contributed by atoms with Gasteiger partial charge in [0, 0.05) is 12.1 Å². The maximum atomic E-state index is 12.2. The Hall–Kier alpha value is -2.40. The van der Waals surface area contributed by atoms with Crippen molar-refractivity contribution >= 4 is 23.2 Å². The molecule has 132 valence electrons. The minimum absolute atomic E-state index is 0.233. The highest BCUT2D eigenvalue weighted by Gasteiger charge is 2.08. The molecule has 5 heteroatoms. The van der Waals surface area contributed by atoms with Crippen LogP contribution in [0.3, 0.4) is 0 Å². The average molecular weight is 356 g/mol. The Morgan fingerprint density at radius 1 is 1.04 bits per heavy atom. The summed E-state index contributed by atoms with van der Waals surface area (Å²) in [4.78, 5) is 12.2. The van der Waals surface area contributed by atoms with Crippen LogP contribution in [0.2, 0.25) is 0 Å². The summed E-state index contributed by atoms with van der Waals surface area (Å²) in [6.45, 7) is 3.43. The van der Waals surface area contributed by atoms with Crippen molar-refractivity contribution < 1.29 is 9.53 Å². The van der Waals surface area contributed by atoms with E-state index in [4.69, 9.17) is 17.0 Å². The van der Waals surface area contributed by atoms with Crippen molar-refractivity contribution in [3.8, 4) is 5.75 Å². The average Bonchev–Trinajstić information content (AvgIpc) is 2.65. The predicted molar refractivity (Wildman–Crippen MR) is 105 cm³/mol. The molecular weight excluding hydrogens is 332 g/mol. The Balaban J connectivity index is 1.76. The second-order valence-corrected chi connectivity index (χ2v) is 6.11. The first-order valence-electron chi connectivity index (χ1n) is 8.55. The molecule has 0 spiro atoms. The largest absolute Gasteiger partial charge is 0.494 e. The summed E-state index contributed by atoms with van der Waals surface area (Å²) in [5.41, 5.74) is 1.65. The van der Waals surface area contributed by atoms with Crippen LogP contribution in [0.1, 0.15) is 42.1 Å². The first-order chi connectivity index (χ1) is 12.2. The van der Waals surface area contributed by atoms with Crippen molar-refractivity contribution in [3.05, 3.63) is 65.7 Å². The molecule has 0 saturated heterocycles. The number of carbonyl (C=O) groups excluding carboxylic acids is 1. The van der Waals surface area contributed by atoms with Gasteiger partial charge in [0.1, 0.15) is 5.75 Å². The number of ether oxygens (including phenoxy) is 1. The molecule has 0 aromatic heterocycles. The Morgan fingerprint density at radius 2 is 1.76 bits per heavy atom. The molecule has 0 heterocycles. The predicted octanol–water partition coefficient (Wildman–Crippen LogP) is 4.06. The number of nitrogens with one attached hydrogen (secondary N) is 2. The number of rotatable bonds is 8. The monoisotopic (exact) mass is 356 g/mol. The van der Waals surface area contributed by atoms with Gasteiger partial charge >= 0.3 is 0 Å². The Bertz CT molecular complexity index is 672. The number of hydrogen-bond donors (Lipinski definition) is 2. The van der Waals surface area contributed by atoms with Gasteiger partial charge in [-0.25, -0.2) is 0 Å². The molecule has 2 aromatic carbocycles. The molecule has 2 aromatic rings. The SMILES string of the molecule is CCCCCOc1ccc(C(=O)NC(=S)NCc2ccccc2)cc1. The summed E-state index contributed by atoms with van der Waals surface area (Å²) in [6, 6.07) is 17.0. The van der Waals surface area contributed by atoms with Crippen LogP contribution in [0, 0.1) is 0 Å². The van der Waals surface area contributed by atoms with E-state index in [2.05, 4.69) is 17.6 Å². The molecule has 0 saturated carbocycles. The van der Waals surface area contributed by atoms with Crippen LogP contribution in [-0.2, 0) is 6.54 Å². The van der Waals surface area contributed by atoms with E-state index in [1.807, 2.05) is 30.3 Å². The van der Waals surface area contributed by atoms with E-state index in [0.717, 1.165) is 24.2 Å². The van der Waals surface area contributed by atoms with Gasteiger partial charge in [-0.15, -0.1) is 0 Å². The van der Waals surface area contributed by atoms with Crippen LogP contribution in [0.5, 0.6) is 5.75 Å². The van der Waals surface area contributed by atoms with Crippen LogP contribution in [0.25, 0.3) is 0 Å². The molecule has 2 N–H and O–H groups in total. The van der Waals surface area contributed by atoms with E-state index in [1.165, 1.54) is 6.42 Å².